The summed E-state index contributed by atoms with van der Waals surface area (Å²) in [7, 11) is 0. The Labute approximate surface area is 148 Å². The Morgan fingerprint density at radius 1 is 1.16 bits per heavy atom. The molecule has 0 aromatic carbocycles. The van der Waals surface area contributed by atoms with E-state index in [2.05, 4.69) is 5.16 Å². The van der Waals surface area contributed by atoms with Crippen molar-refractivity contribution in [3.8, 4) is 0 Å². The molecular formula is C19H27N3O3. The molecule has 3 heterocycles. The number of rotatable bonds is 3. The van der Waals surface area contributed by atoms with Crippen molar-refractivity contribution in [1.29, 1.82) is 0 Å². The molecule has 2 saturated heterocycles. The molecule has 0 N–H and O–H groups in total. The van der Waals surface area contributed by atoms with E-state index in [-0.39, 0.29) is 23.2 Å². The van der Waals surface area contributed by atoms with E-state index in [9.17, 15) is 9.59 Å². The minimum atomic E-state index is -0.0476. The quantitative estimate of drug-likeness (QED) is 0.845. The number of hydrogen-bond acceptors (Lipinski definition) is 4. The highest BCUT2D eigenvalue weighted by molar-refractivity contribution is 5.92. The minimum absolute atomic E-state index is 0.0476. The molecule has 2 aliphatic heterocycles. The predicted octanol–water partition coefficient (Wildman–Crippen LogP) is 2.66. The number of nitrogens with zero attached hydrogens (tertiary/aromatic N) is 3. The van der Waals surface area contributed by atoms with Gasteiger partial charge < -0.3 is 14.3 Å². The molecule has 3 aliphatic rings. The molecule has 6 heteroatoms. The molecule has 1 saturated carbocycles. The lowest BCUT2D eigenvalue weighted by molar-refractivity contribution is -0.132. The van der Waals surface area contributed by atoms with E-state index in [4.69, 9.17) is 4.52 Å². The lowest BCUT2D eigenvalue weighted by Gasteiger charge is -2.32. The molecule has 0 radical (unpaired) electrons. The van der Waals surface area contributed by atoms with Crippen molar-refractivity contribution in [2.24, 2.45) is 11.3 Å². The van der Waals surface area contributed by atoms with Gasteiger partial charge in [0.2, 0.25) is 5.91 Å². The number of likely N-dealkylation sites (tertiary alicyclic amines) is 2. The van der Waals surface area contributed by atoms with Crippen LogP contribution in [0.5, 0.6) is 0 Å². The van der Waals surface area contributed by atoms with Crippen molar-refractivity contribution in [3.05, 3.63) is 17.5 Å². The smallest absolute Gasteiger partial charge is 0.276 e. The first-order valence-corrected chi connectivity index (χ1v) is 9.55. The van der Waals surface area contributed by atoms with Crippen molar-refractivity contribution < 1.29 is 14.1 Å². The van der Waals surface area contributed by atoms with Crippen LogP contribution < -0.4 is 0 Å². The summed E-state index contributed by atoms with van der Waals surface area (Å²) < 4.78 is 5.25. The summed E-state index contributed by atoms with van der Waals surface area (Å²) in [6, 6.07) is 1.76. The third-order valence-corrected chi connectivity index (χ3v) is 6.27. The van der Waals surface area contributed by atoms with Crippen LogP contribution in [-0.4, -0.2) is 52.9 Å². The summed E-state index contributed by atoms with van der Waals surface area (Å²) in [5, 5.41) is 3.93. The molecule has 25 heavy (non-hydrogen) atoms. The molecule has 4 rings (SSSR count). The van der Waals surface area contributed by atoms with E-state index >= 15 is 0 Å². The zero-order chi connectivity index (χ0) is 17.6. The second-order valence-electron chi connectivity index (χ2n) is 8.21. The molecule has 3 fully saturated rings. The Morgan fingerprint density at radius 2 is 1.84 bits per heavy atom. The molecule has 1 atom stereocenters. The predicted molar refractivity (Wildman–Crippen MR) is 92.1 cm³/mol. The normalized spacial score (nSPS) is 25.0. The molecule has 136 valence electrons. The molecule has 1 spiro atoms. The van der Waals surface area contributed by atoms with Gasteiger partial charge in [-0.25, -0.2) is 0 Å². The Hall–Kier alpha value is -1.85. The van der Waals surface area contributed by atoms with Crippen LogP contribution in [-0.2, 0) is 4.79 Å². The third kappa shape index (κ3) is 2.96. The number of carbonyl (C=O) groups excluding carboxylic acids is 2. The molecule has 1 aliphatic carbocycles. The number of piperidine rings is 1. The van der Waals surface area contributed by atoms with Gasteiger partial charge in [-0.2, -0.15) is 0 Å². The maximum atomic E-state index is 12.6. The SMILES string of the molecule is CC(C)c1cc(C(=O)N2CCC3(CC2)CC3C(=O)N2CCCC2)no1. The van der Waals surface area contributed by atoms with Gasteiger partial charge in [0.15, 0.2) is 5.69 Å². The first-order valence-electron chi connectivity index (χ1n) is 9.55. The fourth-order valence-electron chi connectivity index (χ4n) is 4.39. The van der Waals surface area contributed by atoms with Crippen LogP contribution in [0.2, 0.25) is 0 Å². The molecule has 2 amide bonds. The van der Waals surface area contributed by atoms with E-state index in [1.54, 1.807) is 6.07 Å². The number of amides is 2. The maximum Gasteiger partial charge on any atom is 0.276 e. The second-order valence-corrected chi connectivity index (χ2v) is 8.21. The van der Waals surface area contributed by atoms with Crippen LogP contribution >= 0.6 is 0 Å². The molecule has 6 nitrogen and oxygen atoms in total. The largest absolute Gasteiger partial charge is 0.360 e. The molecule has 0 bridgehead atoms. The molecule has 1 aromatic rings. The zero-order valence-corrected chi connectivity index (χ0v) is 15.2. The van der Waals surface area contributed by atoms with Crippen LogP contribution in [0.25, 0.3) is 0 Å². The number of aromatic nitrogens is 1. The average molecular weight is 345 g/mol. The van der Waals surface area contributed by atoms with Gasteiger partial charge in [-0.1, -0.05) is 19.0 Å². The maximum absolute atomic E-state index is 12.6. The Balaban J connectivity index is 1.34. The highest BCUT2D eigenvalue weighted by Crippen LogP contribution is 2.60. The number of hydrogen-bond donors (Lipinski definition) is 0. The van der Waals surface area contributed by atoms with Gasteiger partial charge in [0.05, 0.1) is 0 Å². The fourth-order valence-corrected chi connectivity index (χ4v) is 4.39. The van der Waals surface area contributed by atoms with Crippen LogP contribution in [0.3, 0.4) is 0 Å². The van der Waals surface area contributed by atoms with Gasteiger partial charge in [0, 0.05) is 44.1 Å². The van der Waals surface area contributed by atoms with Gasteiger partial charge in [-0.3, -0.25) is 9.59 Å². The van der Waals surface area contributed by atoms with Crippen LogP contribution in [0.1, 0.15) is 68.1 Å². The van der Waals surface area contributed by atoms with E-state index in [1.165, 1.54) is 0 Å². The van der Waals surface area contributed by atoms with Crippen LogP contribution in [0, 0.1) is 11.3 Å². The molecule has 1 aromatic heterocycles. The van der Waals surface area contributed by atoms with Crippen molar-refractivity contribution in [2.75, 3.05) is 26.2 Å². The zero-order valence-electron chi connectivity index (χ0n) is 15.2. The summed E-state index contributed by atoms with van der Waals surface area (Å²) in [6.45, 7) is 7.33. The lowest BCUT2D eigenvalue weighted by Crippen LogP contribution is -2.41. The van der Waals surface area contributed by atoms with E-state index < -0.39 is 0 Å². The standard InChI is InChI=1S/C19H27N3O3/c1-13(2)16-11-15(20-25-16)18(24)22-9-5-19(6-10-22)12-14(19)17(23)21-7-3-4-8-21/h11,13-14H,3-10,12H2,1-2H3. The van der Waals surface area contributed by atoms with Gasteiger partial charge in [0.1, 0.15) is 5.76 Å². The monoisotopic (exact) mass is 345 g/mol. The summed E-state index contributed by atoms with van der Waals surface area (Å²) >= 11 is 0. The van der Waals surface area contributed by atoms with Gasteiger partial charge >= 0.3 is 0 Å². The lowest BCUT2D eigenvalue weighted by atomic mass is 9.90. The average Bonchev–Trinajstić information content (AvgIpc) is 3.07. The minimum Gasteiger partial charge on any atom is -0.360 e. The first kappa shape index (κ1) is 16.6. The van der Waals surface area contributed by atoms with Crippen molar-refractivity contribution in [3.63, 3.8) is 0 Å². The van der Waals surface area contributed by atoms with Crippen LogP contribution in [0.4, 0.5) is 0 Å². The second kappa shape index (κ2) is 6.15. The first-order chi connectivity index (χ1) is 12.0. The topological polar surface area (TPSA) is 66.7 Å². The third-order valence-electron chi connectivity index (χ3n) is 6.27. The van der Waals surface area contributed by atoms with Crippen LogP contribution in [0.15, 0.2) is 10.6 Å². The van der Waals surface area contributed by atoms with Gasteiger partial charge in [-0.15, -0.1) is 0 Å². The van der Waals surface area contributed by atoms with Gasteiger partial charge in [-0.05, 0) is 37.5 Å². The van der Waals surface area contributed by atoms with E-state index in [0.717, 1.165) is 51.0 Å². The fraction of sp³-hybridized carbons (Fsp3) is 0.737. The summed E-state index contributed by atoms with van der Waals surface area (Å²) in [4.78, 5) is 29.1. The van der Waals surface area contributed by atoms with E-state index in [1.807, 2.05) is 23.6 Å². The van der Waals surface area contributed by atoms with E-state index in [0.29, 0.717) is 24.7 Å². The Kier molecular flexibility index (Phi) is 4.08. The highest BCUT2D eigenvalue weighted by Gasteiger charge is 2.59. The summed E-state index contributed by atoms with van der Waals surface area (Å²) in [5.74, 6) is 1.48. The van der Waals surface area contributed by atoms with Crippen molar-refractivity contribution >= 4 is 11.8 Å². The highest BCUT2D eigenvalue weighted by atomic mass is 16.5. The number of carbonyl (C=O) groups is 2. The Bertz CT molecular complexity index is 667. The summed E-state index contributed by atoms with van der Waals surface area (Å²) in [5.41, 5.74) is 0.559. The van der Waals surface area contributed by atoms with Gasteiger partial charge in [0.25, 0.3) is 5.91 Å². The molecular weight excluding hydrogens is 318 g/mol. The Morgan fingerprint density at radius 3 is 2.44 bits per heavy atom. The molecule has 1 unspecified atom stereocenters. The van der Waals surface area contributed by atoms with Crippen molar-refractivity contribution in [2.45, 2.75) is 51.9 Å². The van der Waals surface area contributed by atoms with Crippen molar-refractivity contribution in [1.82, 2.24) is 15.0 Å². The summed E-state index contributed by atoms with van der Waals surface area (Å²) in [6.07, 6.45) is 5.15.